The molecule has 0 aliphatic rings. The highest BCUT2D eigenvalue weighted by atomic mass is 19.1. The Morgan fingerprint density at radius 1 is 0.714 bits per heavy atom. The van der Waals surface area contributed by atoms with Crippen molar-refractivity contribution in [3.8, 4) is 0 Å². The van der Waals surface area contributed by atoms with Crippen LogP contribution in [0.3, 0.4) is 0 Å². The van der Waals surface area contributed by atoms with Gasteiger partial charge in [0, 0.05) is 0 Å². The van der Waals surface area contributed by atoms with E-state index in [1.54, 1.807) is 0 Å². The number of hydrogen-bond donors (Lipinski definition) is 0. The van der Waals surface area contributed by atoms with Gasteiger partial charge >= 0.3 is 0 Å². The van der Waals surface area contributed by atoms with Gasteiger partial charge in [0.25, 0.3) is 0 Å². The fraction of sp³-hybridized carbons (Fsp3) is 1.00. The highest BCUT2D eigenvalue weighted by Crippen LogP contribution is 2.31. The summed E-state index contributed by atoms with van der Waals surface area (Å²) in [5, 5.41) is 0. The van der Waals surface area contributed by atoms with Gasteiger partial charge in [-0.05, 0) is 19.3 Å². The smallest absolute Gasteiger partial charge is 0.111 e. The van der Waals surface area contributed by atoms with Gasteiger partial charge in [-0.25, -0.2) is 4.39 Å². The Morgan fingerprint density at radius 3 is 1.21 bits per heavy atom. The molecular weight excluding hydrogens is 175 g/mol. The number of halogens is 1. The van der Waals surface area contributed by atoms with Crippen molar-refractivity contribution in [3.63, 3.8) is 0 Å². The summed E-state index contributed by atoms with van der Waals surface area (Å²) in [6.45, 7) is 6.42. The van der Waals surface area contributed by atoms with Crippen LogP contribution in [-0.2, 0) is 0 Å². The van der Waals surface area contributed by atoms with Crippen LogP contribution >= 0.6 is 0 Å². The van der Waals surface area contributed by atoms with Gasteiger partial charge in [-0.3, -0.25) is 0 Å². The van der Waals surface area contributed by atoms with Crippen LogP contribution in [0.15, 0.2) is 0 Å². The third-order valence-electron chi connectivity index (χ3n) is 2.94. The van der Waals surface area contributed by atoms with Crippen LogP contribution in [0.5, 0.6) is 0 Å². The third-order valence-corrected chi connectivity index (χ3v) is 2.94. The SMILES string of the molecule is CCCCC(F)(CCCC)CCCC. The molecule has 0 radical (unpaired) electrons. The molecule has 0 unspecified atom stereocenters. The van der Waals surface area contributed by atoms with Crippen molar-refractivity contribution in [2.24, 2.45) is 0 Å². The molecule has 0 amide bonds. The van der Waals surface area contributed by atoms with Crippen molar-refractivity contribution >= 4 is 0 Å². The minimum Gasteiger partial charge on any atom is -0.244 e. The Hall–Kier alpha value is -0.0700. The van der Waals surface area contributed by atoms with E-state index in [0.29, 0.717) is 0 Å². The lowest BCUT2D eigenvalue weighted by molar-refractivity contribution is 0.114. The molecule has 0 rings (SSSR count). The van der Waals surface area contributed by atoms with Crippen LogP contribution in [-0.4, -0.2) is 5.67 Å². The monoisotopic (exact) mass is 202 g/mol. The quantitative estimate of drug-likeness (QED) is 0.478. The zero-order chi connectivity index (χ0) is 10.9. The summed E-state index contributed by atoms with van der Waals surface area (Å²) in [6.07, 6.45) is 8.83. The van der Waals surface area contributed by atoms with Gasteiger partial charge < -0.3 is 0 Å². The Labute approximate surface area is 89.3 Å². The second kappa shape index (κ2) is 8.26. The molecule has 0 aromatic heterocycles. The lowest BCUT2D eigenvalue weighted by atomic mass is 9.88. The van der Waals surface area contributed by atoms with Gasteiger partial charge in [0.05, 0.1) is 0 Å². The minimum absolute atomic E-state index is 0.781. The average Bonchev–Trinajstić information content (AvgIpc) is 2.21. The molecular formula is C13H27F. The predicted molar refractivity (Wildman–Crippen MR) is 62.4 cm³/mol. The van der Waals surface area contributed by atoms with Gasteiger partial charge in [-0.15, -0.1) is 0 Å². The molecule has 1 heteroatoms. The van der Waals surface area contributed by atoms with E-state index in [1.165, 1.54) is 0 Å². The topological polar surface area (TPSA) is 0 Å². The first-order chi connectivity index (χ1) is 6.68. The van der Waals surface area contributed by atoms with Crippen LogP contribution in [0, 0.1) is 0 Å². The Kier molecular flexibility index (Phi) is 8.21. The molecule has 0 N–H and O–H groups in total. The molecule has 0 nitrogen and oxygen atoms in total. The first-order valence-electron chi connectivity index (χ1n) is 6.37. The van der Waals surface area contributed by atoms with E-state index in [0.717, 1.165) is 57.8 Å². The molecule has 0 aromatic carbocycles. The summed E-state index contributed by atoms with van der Waals surface area (Å²) in [6, 6.07) is 0. The highest BCUT2D eigenvalue weighted by Gasteiger charge is 2.26. The summed E-state index contributed by atoms with van der Waals surface area (Å²) >= 11 is 0. The zero-order valence-corrected chi connectivity index (χ0v) is 10.2. The summed E-state index contributed by atoms with van der Waals surface area (Å²) in [7, 11) is 0. The van der Waals surface area contributed by atoms with Crippen molar-refractivity contribution in [2.45, 2.75) is 84.2 Å². The van der Waals surface area contributed by atoms with E-state index in [4.69, 9.17) is 0 Å². The van der Waals surface area contributed by atoms with Gasteiger partial charge in [0.1, 0.15) is 5.67 Å². The molecule has 0 aliphatic heterocycles. The molecule has 0 atom stereocenters. The zero-order valence-electron chi connectivity index (χ0n) is 10.2. The Morgan fingerprint density at radius 2 is 1.00 bits per heavy atom. The average molecular weight is 202 g/mol. The summed E-state index contributed by atoms with van der Waals surface area (Å²) < 4.78 is 14.4. The van der Waals surface area contributed by atoms with Crippen LogP contribution < -0.4 is 0 Å². The third kappa shape index (κ3) is 6.39. The van der Waals surface area contributed by atoms with Crippen molar-refractivity contribution < 1.29 is 4.39 Å². The van der Waals surface area contributed by atoms with Crippen molar-refractivity contribution in [3.05, 3.63) is 0 Å². The van der Waals surface area contributed by atoms with Gasteiger partial charge in [-0.1, -0.05) is 59.3 Å². The Bertz CT molecular complexity index is 98.6. The molecule has 0 saturated heterocycles. The Balaban J connectivity index is 3.89. The number of rotatable bonds is 9. The largest absolute Gasteiger partial charge is 0.244 e. The summed E-state index contributed by atoms with van der Waals surface area (Å²) in [4.78, 5) is 0. The van der Waals surface area contributed by atoms with Crippen LogP contribution in [0.1, 0.15) is 78.6 Å². The molecule has 0 aromatic rings. The highest BCUT2D eigenvalue weighted by molar-refractivity contribution is 4.78. The van der Waals surface area contributed by atoms with Gasteiger partial charge in [0.15, 0.2) is 0 Å². The van der Waals surface area contributed by atoms with E-state index < -0.39 is 5.67 Å². The second-order valence-corrected chi connectivity index (χ2v) is 4.46. The minimum atomic E-state index is -0.845. The van der Waals surface area contributed by atoms with Crippen molar-refractivity contribution in [1.82, 2.24) is 0 Å². The van der Waals surface area contributed by atoms with Crippen molar-refractivity contribution in [1.29, 1.82) is 0 Å². The maximum absolute atomic E-state index is 14.4. The van der Waals surface area contributed by atoms with E-state index >= 15 is 0 Å². The molecule has 0 aliphatic carbocycles. The predicted octanol–water partition coefficient (Wildman–Crippen LogP) is 5.27. The lowest BCUT2D eigenvalue weighted by Crippen LogP contribution is -2.22. The van der Waals surface area contributed by atoms with E-state index in [2.05, 4.69) is 20.8 Å². The number of hydrogen-bond acceptors (Lipinski definition) is 0. The van der Waals surface area contributed by atoms with Crippen molar-refractivity contribution in [2.75, 3.05) is 0 Å². The molecule has 86 valence electrons. The molecule has 0 bridgehead atoms. The van der Waals surface area contributed by atoms with E-state index in [1.807, 2.05) is 0 Å². The first-order valence-corrected chi connectivity index (χ1v) is 6.37. The standard InChI is InChI=1S/C13H27F/c1-4-7-10-13(14,11-8-5-2)12-9-6-3/h4-12H2,1-3H3. The van der Waals surface area contributed by atoms with Gasteiger partial charge in [0.2, 0.25) is 0 Å². The maximum Gasteiger partial charge on any atom is 0.111 e. The van der Waals surface area contributed by atoms with Crippen LogP contribution in [0.4, 0.5) is 4.39 Å². The molecule has 0 spiro atoms. The summed E-state index contributed by atoms with van der Waals surface area (Å²) in [5.74, 6) is 0. The normalized spacial score (nSPS) is 12.0. The number of alkyl halides is 1. The molecule has 0 heterocycles. The lowest BCUT2D eigenvalue weighted by Gasteiger charge is -2.25. The van der Waals surface area contributed by atoms with E-state index in [-0.39, 0.29) is 0 Å². The number of unbranched alkanes of at least 4 members (excludes halogenated alkanes) is 3. The second-order valence-electron chi connectivity index (χ2n) is 4.46. The first kappa shape index (κ1) is 13.9. The molecule has 0 fully saturated rings. The molecule has 0 saturated carbocycles. The van der Waals surface area contributed by atoms with E-state index in [9.17, 15) is 4.39 Å². The maximum atomic E-state index is 14.4. The fourth-order valence-electron chi connectivity index (χ4n) is 1.86. The fourth-order valence-corrected chi connectivity index (χ4v) is 1.86. The van der Waals surface area contributed by atoms with Crippen LogP contribution in [0.2, 0.25) is 0 Å². The summed E-state index contributed by atoms with van der Waals surface area (Å²) in [5.41, 5.74) is -0.845. The van der Waals surface area contributed by atoms with Crippen LogP contribution in [0.25, 0.3) is 0 Å². The molecule has 14 heavy (non-hydrogen) atoms. The van der Waals surface area contributed by atoms with Gasteiger partial charge in [-0.2, -0.15) is 0 Å².